The number of likely N-dealkylation sites (tertiary alicyclic amines) is 1. The molecule has 4 nitrogen and oxygen atoms in total. The van der Waals surface area contributed by atoms with Gasteiger partial charge in [0.1, 0.15) is 11.6 Å². The van der Waals surface area contributed by atoms with E-state index in [-0.39, 0.29) is 24.3 Å². The molecule has 1 N–H and O–H groups in total. The van der Waals surface area contributed by atoms with Crippen LogP contribution in [0, 0.1) is 5.82 Å². The second-order valence-electron chi connectivity index (χ2n) is 5.72. The van der Waals surface area contributed by atoms with E-state index in [0.717, 1.165) is 18.5 Å². The number of hydrogen-bond acceptors (Lipinski definition) is 3. The molecule has 6 heteroatoms. The Morgan fingerprint density at radius 3 is 2.67 bits per heavy atom. The zero-order valence-corrected chi connectivity index (χ0v) is 14.0. The van der Waals surface area contributed by atoms with Crippen molar-refractivity contribution in [1.29, 1.82) is 0 Å². The molecule has 2 aromatic rings. The van der Waals surface area contributed by atoms with Crippen LogP contribution in [-0.4, -0.2) is 31.0 Å². The summed E-state index contributed by atoms with van der Waals surface area (Å²) in [6.45, 7) is 1.13. The zero-order chi connectivity index (χ0) is 17.1. The number of carbonyl (C=O) groups excluding carboxylic acids is 1. The van der Waals surface area contributed by atoms with E-state index in [0.29, 0.717) is 16.5 Å². The van der Waals surface area contributed by atoms with E-state index in [1.54, 1.807) is 37.4 Å². The Labute approximate surface area is 145 Å². The van der Waals surface area contributed by atoms with E-state index in [2.05, 4.69) is 10.2 Å². The molecule has 1 aliphatic heterocycles. The number of nitrogens with zero attached hydrogens (tertiary/aromatic N) is 1. The van der Waals surface area contributed by atoms with Crippen LogP contribution in [0.5, 0.6) is 5.75 Å². The van der Waals surface area contributed by atoms with Gasteiger partial charge in [-0.3, -0.25) is 9.69 Å². The monoisotopic (exact) mass is 348 g/mol. The molecule has 1 atom stereocenters. The number of ether oxygens (including phenoxy) is 1. The predicted octanol–water partition coefficient (Wildman–Crippen LogP) is 3.87. The van der Waals surface area contributed by atoms with Crippen molar-refractivity contribution in [3.63, 3.8) is 0 Å². The summed E-state index contributed by atoms with van der Waals surface area (Å²) in [7, 11) is 1.54. The number of halogens is 2. The highest BCUT2D eigenvalue weighted by Gasteiger charge is 2.30. The lowest BCUT2D eigenvalue weighted by molar-refractivity contribution is -0.119. The van der Waals surface area contributed by atoms with Gasteiger partial charge >= 0.3 is 0 Å². The van der Waals surface area contributed by atoms with Crippen LogP contribution in [0.15, 0.2) is 42.5 Å². The second kappa shape index (κ2) is 7.20. The molecule has 0 spiro atoms. The number of nitrogens with one attached hydrogen (secondary N) is 1. The van der Waals surface area contributed by atoms with Gasteiger partial charge in [-0.2, -0.15) is 0 Å². The van der Waals surface area contributed by atoms with Crippen molar-refractivity contribution < 1.29 is 13.9 Å². The molecule has 1 amide bonds. The summed E-state index contributed by atoms with van der Waals surface area (Å²) >= 11 is 6.06. The largest absolute Gasteiger partial charge is 0.495 e. The van der Waals surface area contributed by atoms with Crippen molar-refractivity contribution in [3.05, 3.63) is 58.9 Å². The molecular formula is C18H18ClFN2O2. The van der Waals surface area contributed by atoms with Gasteiger partial charge in [0, 0.05) is 18.3 Å². The Kier molecular flexibility index (Phi) is 5.02. The Morgan fingerprint density at radius 2 is 2.08 bits per heavy atom. The lowest BCUT2D eigenvalue weighted by atomic mass is 9.95. The van der Waals surface area contributed by atoms with E-state index >= 15 is 0 Å². The Hall–Kier alpha value is -2.11. The molecule has 0 aromatic heterocycles. The number of methoxy groups -OCH3 is 1. The third kappa shape index (κ3) is 3.68. The quantitative estimate of drug-likeness (QED) is 0.891. The maximum atomic E-state index is 13.0. The maximum absolute atomic E-state index is 13.0. The standard InChI is InChI=1S/C18H18ClFN2O2/c1-24-17-7-6-14(10-15(17)19)21-18(23)11-22-9-8-16(22)12-2-4-13(20)5-3-12/h2-7,10,16H,8-9,11H2,1H3,(H,21,23)/t16-/m0/s1. The van der Waals surface area contributed by atoms with Gasteiger partial charge < -0.3 is 10.1 Å². The number of anilines is 1. The fraction of sp³-hybridized carbons (Fsp3) is 0.278. The first-order valence-electron chi connectivity index (χ1n) is 7.69. The molecule has 0 radical (unpaired) electrons. The third-order valence-electron chi connectivity index (χ3n) is 4.17. The Morgan fingerprint density at radius 1 is 1.33 bits per heavy atom. The number of hydrogen-bond donors (Lipinski definition) is 1. The van der Waals surface area contributed by atoms with Gasteiger partial charge in [0.05, 0.1) is 18.7 Å². The Bertz CT molecular complexity index is 736. The van der Waals surface area contributed by atoms with Crippen LogP contribution in [0.1, 0.15) is 18.0 Å². The first-order chi connectivity index (χ1) is 11.6. The highest BCUT2D eigenvalue weighted by molar-refractivity contribution is 6.32. The van der Waals surface area contributed by atoms with Gasteiger partial charge in [-0.1, -0.05) is 23.7 Å². The zero-order valence-electron chi connectivity index (χ0n) is 13.3. The van der Waals surface area contributed by atoms with Crippen molar-refractivity contribution in [2.45, 2.75) is 12.5 Å². The third-order valence-corrected chi connectivity index (χ3v) is 4.46. The van der Waals surface area contributed by atoms with Crippen LogP contribution in [0.4, 0.5) is 10.1 Å². The molecule has 1 fully saturated rings. The first kappa shape index (κ1) is 16.7. The minimum atomic E-state index is -0.251. The average molecular weight is 349 g/mol. The van der Waals surface area contributed by atoms with E-state index in [1.165, 1.54) is 12.1 Å². The number of rotatable bonds is 5. The normalized spacial score (nSPS) is 17.2. The molecule has 3 rings (SSSR count). The number of amides is 1. The molecule has 0 bridgehead atoms. The first-order valence-corrected chi connectivity index (χ1v) is 8.07. The summed E-state index contributed by atoms with van der Waals surface area (Å²) in [4.78, 5) is 14.3. The lowest BCUT2D eigenvalue weighted by Crippen LogP contribution is -2.45. The summed E-state index contributed by atoms with van der Waals surface area (Å²) in [6, 6.07) is 11.7. The molecule has 0 unspecified atom stereocenters. The number of benzene rings is 2. The topological polar surface area (TPSA) is 41.6 Å². The predicted molar refractivity (Wildman–Crippen MR) is 92.0 cm³/mol. The van der Waals surface area contributed by atoms with E-state index < -0.39 is 0 Å². The molecule has 0 aliphatic carbocycles. The Balaban J connectivity index is 1.59. The van der Waals surface area contributed by atoms with Crippen LogP contribution >= 0.6 is 11.6 Å². The lowest BCUT2D eigenvalue weighted by Gasteiger charge is -2.40. The van der Waals surface area contributed by atoms with Crippen LogP contribution < -0.4 is 10.1 Å². The molecule has 1 heterocycles. The van der Waals surface area contributed by atoms with Crippen molar-refractivity contribution in [1.82, 2.24) is 4.90 Å². The molecular weight excluding hydrogens is 331 g/mol. The minimum absolute atomic E-state index is 0.108. The van der Waals surface area contributed by atoms with Gasteiger partial charge in [0.15, 0.2) is 0 Å². The summed E-state index contributed by atoms with van der Waals surface area (Å²) in [5.74, 6) is 0.204. The summed E-state index contributed by atoms with van der Waals surface area (Å²) in [5.41, 5.74) is 1.66. The fourth-order valence-electron chi connectivity index (χ4n) is 2.82. The number of carbonyl (C=O) groups is 1. The molecule has 1 aliphatic rings. The summed E-state index contributed by atoms with van der Waals surface area (Å²) in [5, 5.41) is 3.28. The van der Waals surface area contributed by atoms with E-state index in [1.807, 2.05) is 0 Å². The maximum Gasteiger partial charge on any atom is 0.238 e. The fourth-order valence-corrected chi connectivity index (χ4v) is 3.08. The van der Waals surface area contributed by atoms with Crippen molar-refractivity contribution in [2.75, 3.05) is 25.5 Å². The van der Waals surface area contributed by atoms with Crippen LogP contribution in [0.3, 0.4) is 0 Å². The molecule has 126 valence electrons. The van der Waals surface area contributed by atoms with Crippen molar-refractivity contribution in [3.8, 4) is 5.75 Å². The highest BCUT2D eigenvalue weighted by atomic mass is 35.5. The molecule has 24 heavy (non-hydrogen) atoms. The average Bonchev–Trinajstić information content (AvgIpc) is 2.54. The van der Waals surface area contributed by atoms with Gasteiger partial charge in [-0.05, 0) is 42.3 Å². The van der Waals surface area contributed by atoms with Crippen LogP contribution in [0.2, 0.25) is 5.02 Å². The van der Waals surface area contributed by atoms with Gasteiger partial charge in [0.2, 0.25) is 5.91 Å². The molecule has 0 saturated carbocycles. The SMILES string of the molecule is COc1ccc(NC(=O)CN2CC[C@H]2c2ccc(F)cc2)cc1Cl. The van der Waals surface area contributed by atoms with Gasteiger partial charge in [-0.25, -0.2) is 4.39 Å². The van der Waals surface area contributed by atoms with Crippen molar-refractivity contribution in [2.24, 2.45) is 0 Å². The van der Waals surface area contributed by atoms with Crippen LogP contribution in [0.25, 0.3) is 0 Å². The molecule has 1 saturated heterocycles. The van der Waals surface area contributed by atoms with Gasteiger partial charge in [-0.15, -0.1) is 0 Å². The highest BCUT2D eigenvalue weighted by Crippen LogP contribution is 2.33. The summed E-state index contributed by atoms with van der Waals surface area (Å²) in [6.07, 6.45) is 0.966. The van der Waals surface area contributed by atoms with Crippen molar-refractivity contribution >= 4 is 23.2 Å². The van der Waals surface area contributed by atoms with Crippen LogP contribution in [-0.2, 0) is 4.79 Å². The molecule has 2 aromatic carbocycles. The van der Waals surface area contributed by atoms with E-state index in [4.69, 9.17) is 16.3 Å². The minimum Gasteiger partial charge on any atom is -0.495 e. The van der Waals surface area contributed by atoms with Gasteiger partial charge in [0.25, 0.3) is 0 Å². The summed E-state index contributed by atoms with van der Waals surface area (Å²) < 4.78 is 18.1. The second-order valence-corrected chi connectivity index (χ2v) is 6.13. The smallest absolute Gasteiger partial charge is 0.238 e. The van der Waals surface area contributed by atoms with E-state index in [9.17, 15) is 9.18 Å².